The second-order valence-electron chi connectivity index (χ2n) is 11.0. The highest BCUT2D eigenvalue weighted by molar-refractivity contribution is 6.18. The summed E-state index contributed by atoms with van der Waals surface area (Å²) in [5.74, 6) is 0.638. The number of oxazole rings is 1. The van der Waals surface area contributed by atoms with E-state index in [1.807, 2.05) is 36.4 Å². The van der Waals surface area contributed by atoms with Crippen molar-refractivity contribution in [3.8, 4) is 34.0 Å². The molecule has 0 N–H and O–H groups in total. The van der Waals surface area contributed by atoms with Gasteiger partial charge in [-0.05, 0) is 80.2 Å². The lowest BCUT2D eigenvalue weighted by atomic mass is 9.95. The molecular formula is C40H24N2O. The van der Waals surface area contributed by atoms with E-state index >= 15 is 0 Å². The fourth-order valence-electron chi connectivity index (χ4n) is 6.41. The number of hydrogen-bond acceptors (Lipinski definition) is 3. The van der Waals surface area contributed by atoms with E-state index in [1.54, 1.807) is 0 Å². The maximum atomic E-state index is 6.40. The number of fused-ring (bicyclic) bond motifs is 8. The minimum atomic E-state index is 0.638. The summed E-state index contributed by atoms with van der Waals surface area (Å²) in [5.41, 5.74) is 6.78. The molecule has 2 aromatic heterocycles. The first-order chi connectivity index (χ1) is 21.3. The van der Waals surface area contributed by atoms with Crippen molar-refractivity contribution in [1.82, 2.24) is 9.97 Å². The maximum absolute atomic E-state index is 6.40. The van der Waals surface area contributed by atoms with Gasteiger partial charge >= 0.3 is 0 Å². The highest BCUT2D eigenvalue weighted by atomic mass is 16.3. The molecule has 0 saturated heterocycles. The van der Waals surface area contributed by atoms with E-state index < -0.39 is 0 Å². The lowest BCUT2D eigenvalue weighted by Crippen LogP contribution is -1.90. The van der Waals surface area contributed by atoms with E-state index in [1.165, 1.54) is 21.5 Å². The third kappa shape index (κ3) is 3.83. The monoisotopic (exact) mass is 548 g/mol. The number of hydrogen-bond donors (Lipinski definition) is 0. The smallest absolute Gasteiger partial charge is 0.227 e. The molecule has 0 amide bonds. The molecule has 0 aliphatic heterocycles. The molecule has 7 aromatic carbocycles. The van der Waals surface area contributed by atoms with Crippen molar-refractivity contribution < 1.29 is 4.42 Å². The predicted molar refractivity (Wildman–Crippen MR) is 178 cm³/mol. The normalized spacial score (nSPS) is 11.7. The average Bonchev–Trinajstić information content (AvgIpc) is 3.53. The van der Waals surface area contributed by atoms with Gasteiger partial charge in [-0.25, -0.2) is 9.97 Å². The molecule has 9 rings (SSSR count). The summed E-state index contributed by atoms with van der Waals surface area (Å²) >= 11 is 0. The zero-order chi connectivity index (χ0) is 28.3. The quantitative estimate of drug-likeness (QED) is 0.206. The molecule has 9 aromatic rings. The van der Waals surface area contributed by atoms with Crippen LogP contribution in [0.1, 0.15) is 0 Å². The van der Waals surface area contributed by atoms with Gasteiger partial charge in [0, 0.05) is 22.1 Å². The Bertz CT molecular complexity index is 2510. The molecule has 200 valence electrons. The Morgan fingerprint density at radius 3 is 2.05 bits per heavy atom. The molecule has 0 saturated carbocycles. The Labute approximate surface area is 247 Å². The molecule has 0 bridgehead atoms. The van der Waals surface area contributed by atoms with Crippen LogP contribution in [0, 0.1) is 0 Å². The first-order valence-corrected chi connectivity index (χ1v) is 14.5. The molecule has 43 heavy (non-hydrogen) atoms. The molecule has 2 heterocycles. The topological polar surface area (TPSA) is 38.9 Å². The predicted octanol–water partition coefficient (Wildman–Crippen LogP) is 10.8. The Morgan fingerprint density at radius 1 is 0.419 bits per heavy atom. The SMILES string of the molecule is c1ccc(-c2nc3ccc4ccc5cc(-c6cccc(-c7cc8ccccc8c8ccccc78)n6)ccc5c4c3o2)cc1. The third-order valence-electron chi connectivity index (χ3n) is 8.46. The van der Waals surface area contributed by atoms with Crippen LogP contribution in [0.3, 0.4) is 0 Å². The minimum absolute atomic E-state index is 0.638. The summed E-state index contributed by atoms with van der Waals surface area (Å²) < 4.78 is 6.40. The lowest BCUT2D eigenvalue weighted by molar-refractivity contribution is 0.623. The highest BCUT2D eigenvalue weighted by Crippen LogP contribution is 2.38. The third-order valence-corrected chi connectivity index (χ3v) is 8.46. The van der Waals surface area contributed by atoms with Crippen LogP contribution in [0.15, 0.2) is 150 Å². The molecule has 0 aliphatic carbocycles. The van der Waals surface area contributed by atoms with Crippen LogP contribution in [0.25, 0.3) is 88.2 Å². The Kier molecular flexibility index (Phi) is 5.20. The van der Waals surface area contributed by atoms with Crippen molar-refractivity contribution in [3.63, 3.8) is 0 Å². The van der Waals surface area contributed by atoms with Gasteiger partial charge < -0.3 is 4.42 Å². The number of nitrogens with zero attached hydrogens (tertiary/aromatic N) is 2. The van der Waals surface area contributed by atoms with Gasteiger partial charge in [0.2, 0.25) is 5.89 Å². The summed E-state index contributed by atoms with van der Waals surface area (Å²) in [6, 6.07) is 50.9. The molecule has 3 nitrogen and oxygen atoms in total. The number of benzene rings is 7. The van der Waals surface area contributed by atoms with E-state index in [4.69, 9.17) is 14.4 Å². The largest absolute Gasteiger partial charge is 0.435 e. The van der Waals surface area contributed by atoms with E-state index in [9.17, 15) is 0 Å². The van der Waals surface area contributed by atoms with Crippen molar-refractivity contribution >= 4 is 54.2 Å². The highest BCUT2D eigenvalue weighted by Gasteiger charge is 2.15. The molecule has 0 fully saturated rings. The average molecular weight is 549 g/mol. The van der Waals surface area contributed by atoms with Crippen molar-refractivity contribution in [2.45, 2.75) is 0 Å². The van der Waals surface area contributed by atoms with Gasteiger partial charge in [-0.15, -0.1) is 0 Å². The zero-order valence-corrected chi connectivity index (χ0v) is 23.2. The molecule has 0 atom stereocenters. The van der Waals surface area contributed by atoms with Gasteiger partial charge in [0.15, 0.2) is 5.58 Å². The Hall–Kier alpha value is -5.80. The minimum Gasteiger partial charge on any atom is -0.435 e. The first-order valence-electron chi connectivity index (χ1n) is 14.5. The van der Waals surface area contributed by atoms with Gasteiger partial charge in [0.05, 0.1) is 11.4 Å². The van der Waals surface area contributed by atoms with Crippen molar-refractivity contribution in [1.29, 1.82) is 0 Å². The summed E-state index contributed by atoms with van der Waals surface area (Å²) in [6.45, 7) is 0. The van der Waals surface area contributed by atoms with Crippen molar-refractivity contribution in [2.24, 2.45) is 0 Å². The fraction of sp³-hybridized carbons (Fsp3) is 0. The molecule has 0 unspecified atom stereocenters. The molecular weight excluding hydrogens is 524 g/mol. The van der Waals surface area contributed by atoms with E-state index in [2.05, 4.69) is 109 Å². The number of rotatable bonds is 3. The van der Waals surface area contributed by atoms with Crippen LogP contribution in [0.5, 0.6) is 0 Å². The fourth-order valence-corrected chi connectivity index (χ4v) is 6.41. The lowest BCUT2D eigenvalue weighted by Gasteiger charge is -2.12. The molecule has 3 heteroatoms. The summed E-state index contributed by atoms with van der Waals surface area (Å²) in [7, 11) is 0. The van der Waals surface area contributed by atoms with Crippen molar-refractivity contribution in [2.75, 3.05) is 0 Å². The summed E-state index contributed by atoms with van der Waals surface area (Å²) in [6.07, 6.45) is 0. The van der Waals surface area contributed by atoms with E-state index in [-0.39, 0.29) is 0 Å². The maximum Gasteiger partial charge on any atom is 0.227 e. The number of pyridine rings is 1. The molecule has 0 radical (unpaired) electrons. The van der Waals surface area contributed by atoms with Crippen LogP contribution in [-0.4, -0.2) is 9.97 Å². The van der Waals surface area contributed by atoms with Gasteiger partial charge in [0.25, 0.3) is 0 Å². The standard InChI is InChI=1S/C40H24N2O/c1-2-9-26(10-3-1)40-42-37-22-20-25-17-18-28-23-29(19-21-31(28)38(25)39(37)43-40)35-15-8-16-36(41-35)34-24-27-11-4-5-12-30(27)32-13-6-7-14-33(32)34/h1-24H. The van der Waals surface area contributed by atoms with Crippen LogP contribution >= 0.6 is 0 Å². The van der Waals surface area contributed by atoms with Gasteiger partial charge in [0.1, 0.15) is 5.52 Å². The Balaban J connectivity index is 1.19. The van der Waals surface area contributed by atoms with Crippen LogP contribution in [0.2, 0.25) is 0 Å². The zero-order valence-electron chi connectivity index (χ0n) is 23.2. The van der Waals surface area contributed by atoms with Gasteiger partial charge in [-0.3, -0.25) is 0 Å². The van der Waals surface area contributed by atoms with Gasteiger partial charge in [-0.1, -0.05) is 103 Å². The van der Waals surface area contributed by atoms with Crippen molar-refractivity contribution in [3.05, 3.63) is 146 Å². The van der Waals surface area contributed by atoms with Crippen LogP contribution < -0.4 is 0 Å². The Morgan fingerprint density at radius 2 is 1.14 bits per heavy atom. The first kappa shape index (κ1) is 23.9. The summed E-state index contributed by atoms with van der Waals surface area (Å²) in [5, 5.41) is 9.42. The van der Waals surface area contributed by atoms with Crippen LogP contribution in [0.4, 0.5) is 0 Å². The van der Waals surface area contributed by atoms with E-state index in [0.29, 0.717) is 5.89 Å². The number of aromatic nitrogens is 2. The second kappa shape index (κ2) is 9.37. The van der Waals surface area contributed by atoms with E-state index in [0.717, 1.165) is 60.7 Å². The second-order valence-corrected chi connectivity index (χ2v) is 11.0. The molecule has 0 spiro atoms. The molecule has 0 aliphatic rings. The van der Waals surface area contributed by atoms with Crippen LogP contribution in [-0.2, 0) is 0 Å². The summed E-state index contributed by atoms with van der Waals surface area (Å²) in [4.78, 5) is 10.0. The van der Waals surface area contributed by atoms with Gasteiger partial charge in [-0.2, -0.15) is 0 Å².